The number of hydrogen-bond acceptors (Lipinski definition) is 3. The van der Waals surface area contributed by atoms with E-state index in [1.165, 1.54) is 0 Å². The third kappa shape index (κ3) is 1.71. The number of aromatic nitrogens is 1. The Kier molecular flexibility index (Phi) is 2.63. The monoisotopic (exact) mass is 241 g/mol. The predicted octanol–water partition coefficient (Wildman–Crippen LogP) is 2.99. The van der Waals surface area contributed by atoms with E-state index in [4.69, 9.17) is 4.74 Å². The lowest BCUT2D eigenvalue weighted by Gasteiger charge is -2.22. The van der Waals surface area contributed by atoms with Gasteiger partial charge in [-0.15, -0.1) is 0 Å². The van der Waals surface area contributed by atoms with E-state index in [1.807, 2.05) is 37.3 Å². The SMILES string of the molecule is CC1(C(=O)c2cccc3ncccc23)CCCO1. The van der Waals surface area contributed by atoms with Crippen LogP contribution < -0.4 is 0 Å². The molecule has 0 spiro atoms. The molecule has 0 saturated carbocycles. The van der Waals surface area contributed by atoms with Gasteiger partial charge in [-0.1, -0.05) is 18.2 Å². The van der Waals surface area contributed by atoms with Crippen molar-refractivity contribution in [2.75, 3.05) is 6.61 Å². The second kappa shape index (κ2) is 4.18. The van der Waals surface area contributed by atoms with Crippen molar-refractivity contribution in [3.8, 4) is 0 Å². The van der Waals surface area contributed by atoms with Crippen LogP contribution in [0.25, 0.3) is 10.9 Å². The largest absolute Gasteiger partial charge is 0.367 e. The minimum Gasteiger partial charge on any atom is -0.367 e. The molecule has 1 saturated heterocycles. The quantitative estimate of drug-likeness (QED) is 0.759. The number of benzene rings is 1. The van der Waals surface area contributed by atoms with Crippen LogP contribution >= 0.6 is 0 Å². The molecule has 1 atom stereocenters. The van der Waals surface area contributed by atoms with Crippen LogP contribution in [0.2, 0.25) is 0 Å². The van der Waals surface area contributed by atoms with Crippen LogP contribution in [0.15, 0.2) is 36.5 Å². The van der Waals surface area contributed by atoms with Crippen molar-refractivity contribution < 1.29 is 9.53 Å². The van der Waals surface area contributed by atoms with Gasteiger partial charge in [-0.3, -0.25) is 9.78 Å². The van der Waals surface area contributed by atoms with Gasteiger partial charge in [0.2, 0.25) is 0 Å². The number of carbonyl (C=O) groups excluding carboxylic acids is 1. The first-order valence-electron chi connectivity index (χ1n) is 6.23. The predicted molar refractivity (Wildman–Crippen MR) is 69.7 cm³/mol. The van der Waals surface area contributed by atoms with Gasteiger partial charge in [0.05, 0.1) is 5.52 Å². The lowest BCUT2D eigenvalue weighted by atomic mass is 9.90. The zero-order valence-electron chi connectivity index (χ0n) is 10.3. The third-order valence-electron chi connectivity index (χ3n) is 3.59. The van der Waals surface area contributed by atoms with E-state index < -0.39 is 5.60 Å². The maximum atomic E-state index is 12.6. The van der Waals surface area contributed by atoms with Gasteiger partial charge in [-0.25, -0.2) is 0 Å². The van der Waals surface area contributed by atoms with E-state index in [-0.39, 0.29) is 5.78 Å². The van der Waals surface area contributed by atoms with E-state index in [2.05, 4.69) is 4.98 Å². The summed E-state index contributed by atoms with van der Waals surface area (Å²) in [6.07, 6.45) is 3.48. The molecule has 1 unspecified atom stereocenters. The number of rotatable bonds is 2. The maximum Gasteiger partial charge on any atom is 0.195 e. The Morgan fingerprint density at radius 2 is 2.22 bits per heavy atom. The first-order chi connectivity index (χ1) is 8.71. The molecule has 18 heavy (non-hydrogen) atoms. The van der Waals surface area contributed by atoms with Gasteiger partial charge >= 0.3 is 0 Å². The molecule has 2 aromatic rings. The highest BCUT2D eigenvalue weighted by Crippen LogP contribution is 2.31. The number of fused-ring (bicyclic) bond motifs is 1. The molecule has 1 fully saturated rings. The average molecular weight is 241 g/mol. The standard InChI is InChI=1S/C15H15NO2/c1-15(8-4-10-18-15)14(17)12-5-2-7-13-11(12)6-3-9-16-13/h2-3,5-7,9H,4,8,10H2,1H3. The minimum absolute atomic E-state index is 0.0681. The van der Waals surface area contributed by atoms with Crippen LogP contribution in [0.1, 0.15) is 30.1 Å². The van der Waals surface area contributed by atoms with Crippen molar-refractivity contribution in [3.63, 3.8) is 0 Å². The number of ketones is 1. The highest BCUT2D eigenvalue weighted by molar-refractivity contribution is 6.11. The molecule has 0 aliphatic carbocycles. The highest BCUT2D eigenvalue weighted by Gasteiger charge is 2.38. The van der Waals surface area contributed by atoms with Crippen molar-refractivity contribution in [3.05, 3.63) is 42.1 Å². The lowest BCUT2D eigenvalue weighted by Crippen LogP contribution is -2.34. The summed E-state index contributed by atoms with van der Waals surface area (Å²) < 4.78 is 5.64. The van der Waals surface area contributed by atoms with Crippen LogP contribution in [0.3, 0.4) is 0 Å². The molecule has 3 heteroatoms. The number of hydrogen-bond donors (Lipinski definition) is 0. The molecule has 0 N–H and O–H groups in total. The summed E-state index contributed by atoms with van der Waals surface area (Å²) in [5, 5.41) is 0.904. The van der Waals surface area contributed by atoms with Gasteiger partial charge in [0.1, 0.15) is 5.60 Å². The molecule has 0 amide bonds. The molecule has 0 bridgehead atoms. The van der Waals surface area contributed by atoms with Crippen LogP contribution in [0, 0.1) is 0 Å². The second-order valence-electron chi connectivity index (χ2n) is 4.89. The Labute approximate surface area is 106 Å². The molecule has 1 aliphatic heterocycles. The van der Waals surface area contributed by atoms with Crippen molar-refractivity contribution in [1.82, 2.24) is 4.98 Å². The van der Waals surface area contributed by atoms with Crippen LogP contribution in [-0.4, -0.2) is 23.0 Å². The van der Waals surface area contributed by atoms with Crippen LogP contribution in [-0.2, 0) is 4.74 Å². The molecular weight excluding hydrogens is 226 g/mol. The fourth-order valence-corrected chi connectivity index (χ4v) is 2.54. The van der Waals surface area contributed by atoms with Crippen molar-refractivity contribution in [2.45, 2.75) is 25.4 Å². The average Bonchev–Trinajstić information content (AvgIpc) is 2.85. The number of ether oxygens (including phenoxy) is 1. The summed E-state index contributed by atoms with van der Waals surface area (Å²) in [6, 6.07) is 9.45. The van der Waals surface area contributed by atoms with Gasteiger partial charge in [-0.2, -0.15) is 0 Å². The summed E-state index contributed by atoms with van der Waals surface area (Å²) in [7, 11) is 0. The van der Waals surface area contributed by atoms with Gasteiger partial charge in [0.15, 0.2) is 5.78 Å². The fourth-order valence-electron chi connectivity index (χ4n) is 2.54. The minimum atomic E-state index is -0.663. The Morgan fingerprint density at radius 3 is 3.00 bits per heavy atom. The smallest absolute Gasteiger partial charge is 0.195 e. The Balaban J connectivity index is 2.12. The molecule has 1 aromatic carbocycles. The summed E-state index contributed by atoms with van der Waals surface area (Å²) in [5.74, 6) is 0.0681. The van der Waals surface area contributed by atoms with Crippen LogP contribution in [0.5, 0.6) is 0 Å². The number of carbonyl (C=O) groups is 1. The summed E-state index contributed by atoms with van der Waals surface area (Å²) >= 11 is 0. The highest BCUT2D eigenvalue weighted by atomic mass is 16.5. The third-order valence-corrected chi connectivity index (χ3v) is 3.59. The van der Waals surface area contributed by atoms with Crippen molar-refractivity contribution >= 4 is 16.7 Å². The van der Waals surface area contributed by atoms with E-state index in [9.17, 15) is 4.79 Å². The number of Topliss-reactive ketones (excluding diaryl/α,β-unsaturated/α-hetero) is 1. The van der Waals surface area contributed by atoms with E-state index in [1.54, 1.807) is 6.20 Å². The fraction of sp³-hybridized carbons (Fsp3) is 0.333. The number of pyridine rings is 1. The molecule has 92 valence electrons. The Bertz CT molecular complexity index is 595. The molecule has 2 heterocycles. The topological polar surface area (TPSA) is 39.2 Å². The van der Waals surface area contributed by atoms with E-state index in [0.29, 0.717) is 12.2 Å². The van der Waals surface area contributed by atoms with Gasteiger partial charge < -0.3 is 4.74 Å². The molecule has 3 nitrogen and oxygen atoms in total. The van der Waals surface area contributed by atoms with Gasteiger partial charge in [0, 0.05) is 23.8 Å². The summed E-state index contributed by atoms with van der Waals surface area (Å²) in [5.41, 5.74) is 0.902. The van der Waals surface area contributed by atoms with Crippen molar-refractivity contribution in [2.24, 2.45) is 0 Å². The van der Waals surface area contributed by atoms with Gasteiger partial charge in [0.25, 0.3) is 0 Å². The van der Waals surface area contributed by atoms with E-state index >= 15 is 0 Å². The van der Waals surface area contributed by atoms with Crippen molar-refractivity contribution in [1.29, 1.82) is 0 Å². The first kappa shape index (κ1) is 11.4. The Morgan fingerprint density at radius 1 is 1.33 bits per heavy atom. The zero-order valence-corrected chi connectivity index (χ0v) is 10.3. The van der Waals surface area contributed by atoms with Gasteiger partial charge in [-0.05, 0) is 31.9 Å². The van der Waals surface area contributed by atoms with Crippen LogP contribution in [0.4, 0.5) is 0 Å². The molecule has 3 rings (SSSR count). The normalized spacial score (nSPS) is 23.4. The summed E-state index contributed by atoms with van der Waals surface area (Å²) in [6.45, 7) is 2.56. The first-order valence-corrected chi connectivity index (χ1v) is 6.23. The lowest BCUT2D eigenvalue weighted by molar-refractivity contribution is 0.0215. The molecule has 1 aliphatic rings. The molecule has 1 aromatic heterocycles. The zero-order chi connectivity index (χ0) is 12.6. The molecule has 0 radical (unpaired) electrons. The summed E-state index contributed by atoms with van der Waals surface area (Å²) in [4.78, 5) is 16.9. The molecular formula is C15H15NO2. The maximum absolute atomic E-state index is 12.6. The second-order valence-corrected chi connectivity index (χ2v) is 4.89. The number of nitrogens with zero attached hydrogens (tertiary/aromatic N) is 1. The Hall–Kier alpha value is -1.74. The van der Waals surface area contributed by atoms with E-state index in [0.717, 1.165) is 23.7 Å².